The van der Waals surface area contributed by atoms with Crippen molar-refractivity contribution < 1.29 is 19.4 Å². The Bertz CT molecular complexity index is 590. The third-order valence-electron chi connectivity index (χ3n) is 4.15. The second kappa shape index (κ2) is 7.68. The minimum absolute atomic E-state index is 0.0913. The highest BCUT2D eigenvalue weighted by Gasteiger charge is 2.34. The number of ether oxygens (including phenoxy) is 1. The molecule has 1 heterocycles. The summed E-state index contributed by atoms with van der Waals surface area (Å²) >= 11 is 6.13. The number of amides is 1. The van der Waals surface area contributed by atoms with Crippen LogP contribution in [0.25, 0.3) is 0 Å². The molecule has 5 nitrogen and oxygen atoms in total. The molecule has 0 bridgehead atoms. The van der Waals surface area contributed by atoms with Gasteiger partial charge >= 0.3 is 5.97 Å². The van der Waals surface area contributed by atoms with E-state index in [4.69, 9.17) is 16.3 Å². The second-order valence-corrected chi connectivity index (χ2v) is 6.32. The van der Waals surface area contributed by atoms with E-state index in [1.807, 2.05) is 13.8 Å². The van der Waals surface area contributed by atoms with Crippen molar-refractivity contribution in [2.45, 2.75) is 39.2 Å². The SMILES string of the molecule is CCOc1c(Cl)cccc1CC(=O)N1CCC(C)CC1C(=O)O. The molecule has 23 heavy (non-hydrogen) atoms. The van der Waals surface area contributed by atoms with E-state index >= 15 is 0 Å². The van der Waals surface area contributed by atoms with E-state index in [1.54, 1.807) is 18.2 Å². The lowest BCUT2D eigenvalue weighted by atomic mass is 9.92. The molecule has 0 aliphatic carbocycles. The van der Waals surface area contributed by atoms with Crippen molar-refractivity contribution in [2.75, 3.05) is 13.2 Å². The lowest BCUT2D eigenvalue weighted by molar-refractivity contribution is -0.152. The van der Waals surface area contributed by atoms with Gasteiger partial charge in [0.2, 0.25) is 5.91 Å². The number of carboxylic acid groups (broad SMARTS) is 1. The molecule has 0 aromatic heterocycles. The van der Waals surface area contributed by atoms with E-state index in [1.165, 1.54) is 4.90 Å². The Balaban J connectivity index is 2.18. The number of aliphatic carboxylic acids is 1. The van der Waals surface area contributed by atoms with Gasteiger partial charge in [0.1, 0.15) is 11.8 Å². The summed E-state index contributed by atoms with van der Waals surface area (Å²) in [5.41, 5.74) is 0.687. The van der Waals surface area contributed by atoms with E-state index in [9.17, 15) is 14.7 Å². The molecule has 1 saturated heterocycles. The Kier molecular flexibility index (Phi) is 5.88. The van der Waals surface area contributed by atoms with E-state index in [2.05, 4.69) is 0 Å². The van der Waals surface area contributed by atoms with Gasteiger partial charge in [-0.15, -0.1) is 0 Å². The molecule has 0 saturated carbocycles. The van der Waals surface area contributed by atoms with Crippen molar-refractivity contribution in [1.29, 1.82) is 0 Å². The van der Waals surface area contributed by atoms with Crippen molar-refractivity contribution in [3.05, 3.63) is 28.8 Å². The Morgan fingerprint density at radius 2 is 2.17 bits per heavy atom. The molecule has 2 rings (SSSR count). The molecule has 1 aromatic carbocycles. The molecular formula is C17H22ClNO4. The number of piperidine rings is 1. The van der Waals surface area contributed by atoms with Gasteiger partial charge < -0.3 is 14.7 Å². The molecule has 6 heteroatoms. The topological polar surface area (TPSA) is 66.8 Å². The quantitative estimate of drug-likeness (QED) is 0.895. The summed E-state index contributed by atoms with van der Waals surface area (Å²) in [7, 11) is 0. The number of para-hydroxylation sites is 1. The van der Waals surface area contributed by atoms with Gasteiger partial charge in [0.15, 0.2) is 0 Å². The van der Waals surface area contributed by atoms with Gasteiger partial charge in [-0.1, -0.05) is 30.7 Å². The lowest BCUT2D eigenvalue weighted by Gasteiger charge is -2.36. The van der Waals surface area contributed by atoms with Crippen LogP contribution in [-0.2, 0) is 16.0 Å². The van der Waals surface area contributed by atoms with Gasteiger partial charge in [-0.25, -0.2) is 4.79 Å². The van der Waals surface area contributed by atoms with Gasteiger partial charge in [-0.05, 0) is 31.7 Å². The molecular weight excluding hydrogens is 318 g/mol. The molecule has 2 atom stereocenters. The Labute approximate surface area is 141 Å². The van der Waals surface area contributed by atoms with Crippen molar-refractivity contribution in [3.8, 4) is 5.75 Å². The van der Waals surface area contributed by atoms with Crippen LogP contribution >= 0.6 is 11.6 Å². The maximum atomic E-state index is 12.6. The normalized spacial score (nSPS) is 21.1. The summed E-state index contributed by atoms with van der Waals surface area (Å²) in [4.78, 5) is 25.5. The first kappa shape index (κ1) is 17.6. The van der Waals surface area contributed by atoms with Crippen molar-refractivity contribution in [1.82, 2.24) is 4.90 Å². The van der Waals surface area contributed by atoms with E-state index in [0.29, 0.717) is 41.8 Å². The lowest BCUT2D eigenvalue weighted by Crippen LogP contribution is -2.50. The van der Waals surface area contributed by atoms with Crippen LogP contribution in [0.4, 0.5) is 0 Å². The fourth-order valence-corrected chi connectivity index (χ4v) is 3.19. The fourth-order valence-electron chi connectivity index (χ4n) is 2.94. The number of carbonyl (C=O) groups excluding carboxylic acids is 1. The number of hydrogen-bond acceptors (Lipinski definition) is 3. The Hall–Kier alpha value is -1.75. The highest BCUT2D eigenvalue weighted by molar-refractivity contribution is 6.32. The van der Waals surface area contributed by atoms with Crippen molar-refractivity contribution in [3.63, 3.8) is 0 Å². The molecule has 2 unspecified atom stereocenters. The zero-order valence-corrected chi connectivity index (χ0v) is 14.2. The van der Waals surface area contributed by atoms with Crippen LogP contribution < -0.4 is 4.74 Å². The van der Waals surface area contributed by atoms with Crippen LogP contribution in [0.5, 0.6) is 5.75 Å². The molecule has 1 aliphatic rings. The number of carboxylic acids is 1. The predicted octanol–water partition coefficient (Wildman–Crippen LogP) is 2.99. The Morgan fingerprint density at radius 3 is 2.83 bits per heavy atom. The number of nitrogens with zero attached hydrogens (tertiary/aromatic N) is 1. The number of hydrogen-bond donors (Lipinski definition) is 1. The van der Waals surface area contributed by atoms with Gasteiger partial charge in [0.05, 0.1) is 18.1 Å². The van der Waals surface area contributed by atoms with Crippen LogP contribution in [0.3, 0.4) is 0 Å². The zero-order chi connectivity index (χ0) is 17.0. The highest BCUT2D eigenvalue weighted by Crippen LogP contribution is 2.30. The first-order valence-corrected chi connectivity index (χ1v) is 8.24. The average molecular weight is 340 g/mol. The smallest absolute Gasteiger partial charge is 0.326 e. The fraction of sp³-hybridized carbons (Fsp3) is 0.529. The minimum atomic E-state index is -0.943. The number of rotatable bonds is 5. The minimum Gasteiger partial charge on any atom is -0.492 e. The molecule has 1 amide bonds. The maximum Gasteiger partial charge on any atom is 0.326 e. The predicted molar refractivity (Wildman–Crippen MR) is 87.9 cm³/mol. The molecule has 126 valence electrons. The van der Waals surface area contributed by atoms with Crippen molar-refractivity contribution >= 4 is 23.5 Å². The second-order valence-electron chi connectivity index (χ2n) is 5.91. The van der Waals surface area contributed by atoms with E-state index in [-0.39, 0.29) is 12.3 Å². The number of carbonyl (C=O) groups is 2. The standard InChI is InChI=1S/C17H22ClNO4/c1-3-23-16-12(5-4-6-13(16)18)10-15(20)19-8-7-11(2)9-14(19)17(21)22/h4-6,11,14H,3,7-10H2,1-2H3,(H,21,22). The van der Waals surface area contributed by atoms with Gasteiger partial charge in [0, 0.05) is 12.1 Å². The summed E-state index contributed by atoms with van der Waals surface area (Å²) in [6, 6.07) is 4.52. The number of likely N-dealkylation sites (tertiary alicyclic amines) is 1. The van der Waals surface area contributed by atoms with Gasteiger partial charge in [0.25, 0.3) is 0 Å². The highest BCUT2D eigenvalue weighted by atomic mass is 35.5. The zero-order valence-electron chi connectivity index (χ0n) is 13.4. The largest absolute Gasteiger partial charge is 0.492 e. The monoisotopic (exact) mass is 339 g/mol. The number of halogens is 1. The molecule has 0 radical (unpaired) electrons. The van der Waals surface area contributed by atoms with Gasteiger partial charge in [-0.2, -0.15) is 0 Å². The van der Waals surface area contributed by atoms with Crippen LogP contribution in [-0.4, -0.2) is 41.1 Å². The van der Waals surface area contributed by atoms with Crippen LogP contribution in [0, 0.1) is 5.92 Å². The third kappa shape index (κ3) is 4.16. The first-order chi connectivity index (χ1) is 10.9. The van der Waals surface area contributed by atoms with Gasteiger partial charge in [-0.3, -0.25) is 4.79 Å². The molecule has 0 spiro atoms. The molecule has 1 fully saturated rings. The summed E-state index contributed by atoms with van der Waals surface area (Å²) in [5.74, 6) is -0.332. The van der Waals surface area contributed by atoms with E-state index in [0.717, 1.165) is 6.42 Å². The summed E-state index contributed by atoms with van der Waals surface area (Å²) in [6.07, 6.45) is 1.41. The van der Waals surface area contributed by atoms with Crippen LogP contribution in [0.1, 0.15) is 32.3 Å². The Morgan fingerprint density at radius 1 is 1.43 bits per heavy atom. The average Bonchev–Trinajstić information content (AvgIpc) is 2.50. The maximum absolute atomic E-state index is 12.6. The summed E-state index contributed by atoms with van der Waals surface area (Å²) < 4.78 is 5.53. The molecule has 1 aliphatic heterocycles. The van der Waals surface area contributed by atoms with E-state index < -0.39 is 12.0 Å². The van der Waals surface area contributed by atoms with Crippen molar-refractivity contribution in [2.24, 2.45) is 5.92 Å². The van der Waals surface area contributed by atoms with Crippen LogP contribution in [0.2, 0.25) is 5.02 Å². The molecule has 1 aromatic rings. The third-order valence-corrected chi connectivity index (χ3v) is 4.45. The first-order valence-electron chi connectivity index (χ1n) is 7.86. The number of benzene rings is 1. The van der Waals surface area contributed by atoms with Crippen LogP contribution in [0.15, 0.2) is 18.2 Å². The summed E-state index contributed by atoms with van der Waals surface area (Å²) in [6.45, 7) is 4.79. The molecule has 1 N–H and O–H groups in total. The summed E-state index contributed by atoms with van der Waals surface area (Å²) in [5, 5.41) is 9.84.